The van der Waals surface area contributed by atoms with Crippen molar-refractivity contribution in [3.63, 3.8) is 0 Å². The zero-order chi connectivity index (χ0) is 16.5. The number of aliphatic hydroxyl groups excluding tert-OH is 1. The Bertz CT molecular complexity index is 475. The number of unbranched alkanes of at least 4 members (excludes halogenated alkanes) is 1. The Morgan fingerprint density at radius 1 is 1.32 bits per heavy atom. The van der Waals surface area contributed by atoms with Crippen LogP contribution in [-0.4, -0.2) is 41.7 Å². The predicted molar refractivity (Wildman–Crippen MR) is 82.6 cm³/mol. The lowest BCUT2D eigenvalue weighted by atomic mass is 10.2. The molecule has 124 valence electrons. The van der Waals surface area contributed by atoms with E-state index in [1.54, 1.807) is 6.92 Å². The van der Waals surface area contributed by atoms with Crippen LogP contribution in [0.25, 0.3) is 0 Å². The number of amides is 1. The summed E-state index contributed by atoms with van der Waals surface area (Å²) in [7, 11) is 0. The van der Waals surface area contributed by atoms with Gasteiger partial charge in [0.25, 0.3) is 0 Å². The molecule has 0 saturated heterocycles. The third kappa shape index (κ3) is 5.69. The van der Waals surface area contributed by atoms with E-state index in [-0.39, 0.29) is 18.2 Å². The summed E-state index contributed by atoms with van der Waals surface area (Å²) in [5.74, 6) is -1.83. The number of rotatable bonds is 9. The summed E-state index contributed by atoms with van der Waals surface area (Å²) in [5, 5.41) is 11.4. The Morgan fingerprint density at radius 2 is 2.00 bits per heavy atom. The van der Waals surface area contributed by atoms with Gasteiger partial charge in [-0.2, -0.15) is 0 Å². The zero-order valence-corrected chi connectivity index (χ0v) is 13.1. The molecule has 0 heterocycles. The summed E-state index contributed by atoms with van der Waals surface area (Å²) < 4.78 is 26.4. The lowest BCUT2D eigenvalue weighted by Gasteiger charge is -2.28. The van der Waals surface area contributed by atoms with Crippen molar-refractivity contribution in [1.29, 1.82) is 0 Å². The molecule has 0 aromatic heterocycles. The molecule has 2 N–H and O–H groups in total. The number of carbonyl (C=O) groups excluding carboxylic acids is 1. The van der Waals surface area contributed by atoms with Crippen molar-refractivity contribution in [3.8, 4) is 0 Å². The number of carbonyl (C=O) groups is 1. The number of halogens is 2. The van der Waals surface area contributed by atoms with Crippen molar-refractivity contribution < 1.29 is 18.7 Å². The maximum atomic E-state index is 13.6. The van der Waals surface area contributed by atoms with Gasteiger partial charge in [0, 0.05) is 19.2 Å². The average molecular weight is 314 g/mol. The van der Waals surface area contributed by atoms with E-state index in [1.165, 1.54) is 6.07 Å². The van der Waals surface area contributed by atoms with E-state index in [9.17, 15) is 13.6 Å². The van der Waals surface area contributed by atoms with Gasteiger partial charge in [-0.15, -0.1) is 0 Å². The van der Waals surface area contributed by atoms with Crippen LogP contribution in [-0.2, 0) is 4.79 Å². The minimum atomic E-state index is -0.795. The molecule has 1 aromatic rings. The zero-order valence-electron chi connectivity index (χ0n) is 13.1. The molecular weight excluding hydrogens is 290 g/mol. The molecule has 0 aliphatic heterocycles. The van der Waals surface area contributed by atoms with Crippen LogP contribution in [0.3, 0.4) is 0 Å². The van der Waals surface area contributed by atoms with Gasteiger partial charge >= 0.3 is 0 Å². The van der Waals surface area contributed by atoms with E-state index in [0.717, 1.165) is 31.5 Å². The summed E-state index contributed by atoms with van der Waals surface area (Å²) in [6, 6.07) is 2.59. The SMILES string of the molecule is CCCCN(CCCO)C(C)C(=O)Nc1ccc(F)cc1F. The van der Waals surface area contributed by atoms with E-state index in [2.05, 4.69) is 12.2 Å². The standard InChI is InChI=1S/C16H24F2N2O2/c1-3-4-8-20(9-5-10-21)12(2)16(22)19-15-7-6-13(17)11-14(15)18/h6-7,11-12,21H,3-5,8-10H2,1-2H3,(H,19,22). The van der Waals surface area contributed by atoms with Crippen LogP contribution in [0.4, 0.5) is 14.5 Å². The minimum Gasteiger partial charge on any atom is -0.396 e. The Balaban J connectivity index is 2.70. The number of anilines is 1. The van der Waals surface area contributed by atoms with Gasteiger partial charge in [0.2, 0.25) is 5.91 Å². The topological polar surface area (TPSA) is 52.6 Å². The van der Waals surface area contributed by atoms with Gasteiger partial charge in [-0.3, -0.25) is 9.69 Å². The molecule has 1 rings (SSSR count). The molecule has 0 fully saturated rings. The molecule has 0 radical (unpaired) electrons. The average Bonchev–Trinajstić information content (AvgIpc) is 2.49. The quantitative estimate of drug-likeness (QED) is 0.737. The van der Waals surface area contributed by atoms with E-state index < -0.39 is 17.7 Å². The van der Waals surface area contributed by atoms with E-state index in [0.29, 0.717) is 13.0 Å². The summed E-state index contributed by atoms with van der Waals surface area (Å²) in [4.78, 5) is 14.2. The predicted octanol–water partition coefficient (Wildman–Crippen LogP) is 2.78. The fraction of sp³-hybridized carbons (Fsp3) is 0.562. The second-order valence-corrected chi connectivity index (χ2v) is 5.26. The van der Waals surface area contributed by atoms with Crippen molar-refractivity contribution in [3.05, 3.63) is 29.8 Å². The Morgan fingerprint density at radius 3 is 2.59 bits per heavy atom. The number of nitrogens with one attached hydrogen (secondary N) is 1. The summed E-state index contributed by atoms with van der Waals surface area (Å²) >= 11 is 0. The first kappa shape index (κ1) is 18.5. The first-order valence-corrected chi connectivity index (χ1v) is 7.60. The molecule has 0 saturated carbocycles. The van der Waals surface area contributed by atoms with Crippen molar-refractivity contribution in [1.82, 2.24) is 4.90 Å². The van der Waals surface area contributed by atoms with Crippen LogP contribution in [0.5, 0.6) is 0 Å². The Hall–Kier alpha value is -1.53. The summed E-state index contributed by atoms with van der Waals surface area (Å²) in [6.45, 7) is 5.18. The highest BCUT2D eigenvalue weighted by atomic mass is 19.1. The van der Waals surface area contributed by atoms with E-state index >= 15 is 0 Å². The highest BCUT2D eigenvalue weighted by Crippen LogP contribution is 2.16. The van der Waals surface area contributed by atoms with Gasteiger partial charge in [-0.25, -0.2) is 8.78 Å². The number of nitrogens with zero attached hydrogens (tertiary/aromatic N) is 1. The lowest BCUT2D eigenvalue weighted by Crippen LogP contribution is -2.43. The first-order valence-electron chi connectivity index (χ1n) is 7.60. The van der Waals surface area contributed by atoms with Crippen molar-refractivity contribution in [2.75, 3.05) is 25.0 Å². The van der Waals surface area contributed by atoms with E-state index in [4.69, 9.17) is 5.11 Å². The van der Waals surface area contributed by atoms with Crippen LogP contribution in [0.1, 0.15) is 33.1 Å². The number of hydrogen-bond donors (Lipinski definition) is 2. The number of hydrogen-bond acceptors (Lipinski definition) is 3. The minimum absolute atomic E-state index is 0.0316. The first-order chi connectivity index (χ1) is 10.5. The van der Waals surface area contributed by atoms with Gasteiger partial charge < -0.3 is 10.4 Å². The maximum absolute atomic E-state index is 13.6. The monoisotopic (exact) mass is 314 g/mol. The van der Waals surface area contributed by atoms with Gasteiger partial charge in [-0.1, -0.05) is 13.3 Å². The van der Waals surface area contributed by atoms with Gasteiger partial charge in [-0.05, 0) is 38.4 Å². The van der Waals surface area contributed by atoms with Crippen molar-refractivity contribution >= 4 is 11.6 Å². The van der Waals surface area contributed by atoms with E-state index in [1.807, 2.05) is 4.90 Å². The fourth-order valence-corrected chi connectivity index (χ4v) is 2.13. The molecule has 1 amide bonds. The van der Waals surface area contributed by atoms with Crippen LogP contribution < -0.4 is 5.32 Å². The molecule has 0 aliphatic rings. The normalized spacial score (nSPS) is 12.5. The second kappa shape index (κ2) is 9.48. The molecule has 4 nitrogen and oxygen atoms in total. The van der Waals surface area contributed by atoms with Crippen LogP contribution >= 0.6 is 0 Å². The highest BCUT2D eigenvalue weighted by molar-refractivity contribution is 5.94. The van der Waals surface area contributed by atoms with Crippen LogP contribution in [0.2, 0.25) is 0 Å². The van der Waals surface area contributed by atoms with Crippen LogP contribution in [0, 0.1) is 11.6 Å². The smallest absolute Gasteiger partial charge is 0.241 e. The lowest BCUT2D eigenvalue weighted by molar-refractivity contribution is -0.120. The fourth-order valence-electron chi connectivity index (χ4n) is 2.13. The van der Waals surface area contributed by atoms with Crippen LogP contribution in [0.15, 0.2) is 18.2 Å². The second-order valence-electron chi connectivity index (χ2n) is 5.26. The van der Waals surface area contributed by atoms with Crippen molar-refractivity contribution in [2.45, 2.75) is 39.2 Å². The Labute approximate surface area is 130 Å². The summed E-state index contributed by atoms with van der Waals surface area (Å²) in [6.07, 6.45) is 2.51. The molecule has 0 bridgehead atoms. The molecular formula is C16H24F2N2O2. The molecule has 0 spiro atoms. The maximum Gasteiger partial charge on any atom is 0.241 e. The highest BCUT2D eigenvalue weighted by Gasteiger charge is 2.21. The third-order valence-electron chi connectivity index (χ3n) is 3.52. The largest absolute Gasteiger partial charge is 0.396 e. The molecule has 1 unspecified atom stereocenters. The number of benzene rings is 1. The Kier molecular flexibility index (Phi) is 7.98. The molecule has 6 heteroatoms. The van der Waals surface area contributed by atoms with Crippen molar-refractivity contribution in [2.24, 2.45) is 0 Å². The molecule has 1 atom stereocenters. The third-order valence-corrected chi connectivity index (χ3v) is 3.52. The molecule has 1 aromatic carbocycles. The summed E-state index contributed by atoms with van der Waals surface area (Å²) in [5.41, 5.74) is -0.0316. The van der Waals surface area contributed by atoms with Gasteiger partial charge in [0.05, 0.1) is 11.7 Å². The number of aliphatic hydroxyl groups is 1. The molecule has 0 aliphatic carbocycles. The van der Waals surface area contributed by atoms with Gasteiger partial charge in [0.1, 0.15) is 11.6 Å². The molecule has 22 heavy (non-hydrogen) atoms. The van der Waals surface area contributed by atoms with Gasteiger partial charge in [0.15, 0.2) is 0 Å².